The maximum atomic E-state index is 5.56. The predicted octanol–water partition coefficient (Wildman–Crippen LogP) is 2.65. The number of rotatable bonds is 8. The standard InChI is InChI=1S/C15H32N2O/c1-6-10-17(12-14-8-7-9-16-14)13(2)11-15(3,4)18-5/h13-14,16H,6-12H2,1-5H3. The van der Waals surface area contributed by atoms with Gasteiger partial charge >= 0.3 is 0 Å². The van der Waals surface area contributed by atoms with Crippen LogP contribution in [0.4, 0.5) is 0 Å². The van der Waals surface area contributed by atoms with Gasteiger partial charge in [0.15, 0.2) is 0 Å². The molecule has 1 N–H and O–H groups in total. The number of hydrogen-bond donors (Lipinski definition) is 1. The van der Waals surface area contributed by atoms with E-state index in [1.54, 1.807) is 0 Å². The number of ether oxygens (including phenoxy) is 1. The molecule has 2 atom stereocenters. The number of methoxy groups -OCH3 is 1. The molecule has 0 bridgehead atoms. The zero-order valence-corrected chi connectivity index (χ0v) is 13.0. The Morgan fingerprint density at radius 3 is 2.67 bits per heavy atom. The summed E-state index contributed by atoms with van der Waals surface area (Å²) >= 11 is 0. The molecular formula is C15H32N2O. The van der Waals surface area contributed by atoms with Gasteiger partial charge in [0.25, 0.3) is 0 Å². The molecule has 108 valence electrons. The van der Waals surface area contributed by atoms with Crippen LogP contribution in [0.3, 0.4) is 0 Å². The summed E-state index contributed by atoms with van der Waals surface area (Å²) in [6.07, 6.45) is 4.99. The minimum Gasteiger partial charge on any atom is -0.379 e. The largest absolute Gasteiger partial charge is 0.379 e. The summed E-state index contributed by atoms with van der Waals surface area (Å²) in [6.45, 7) is 12.5. The minimum absolute atomic E-state index is 0.0193. The fourth-order valence-corrected chi connectivity index (χ4v) is 2.90. The van der Waals surface area contributed by atoms with Crippen molar-refractivity contribution in [3.8, 4) is 0 Å². The second-order valence-corrected chi connectivity index (χ2v) is 6.31. The summed E-state index contributed by atoms with van der Waals surface area (Å²) in [5.41, 5.74) is -0.0193. The van der Waals surface area contributed by atoms with E-state index < -0.39 is 0 Å². The lowest BCUT2D eigenvalue weighted by Gasteiger charge is -2.35. The van der Waals surface area contributed by atoms with Gasteiger partial charge in [-0.15, -0.1) is 0 Å². The molecule has 0 saturated carbocycles. The molecule has 1 aliphatic heterocycles. The molecule has 2 unspecified atom stereocenters. The Kier molecular flexibility index (Phi) is 6.61. The molecule has 1 fully saturated rings. The Labute approximate surface area is 113 Å². The van der Waals surface area contributed by atoms with Gasteiger partial charge in [-0.05, 0) is 59.5 Å². The van der Waals surface area contributed by atoms with Gasteiger partial charge < -0.3 is 10.1 Å². The predicted molar refractivity (Wildman–Crippen MR) is 78.1 cm³/mol. The second-order valence-electron chi connectivity index (χ2n) is 6.31. The van der Waals surface area contributed by atoms with E-state index in [4.69, 9.17) is 4.74 Å². The molecule has 0 radical (unpaired) electrons. The van der Waals surface area contributed by atoms with Gasteiger partial charge in [0.1, 0.15) is 0 Å². The Balaban J connectivity index is 2.48. The third-order valence-corrected chi connectivity index (χ3v) is 4.09. The van der Waals surface area contributed by atoms with Crippen LogP contribution >= 0.6 is 0 Å². The fraction of sp³-hybridized carbons (Fsp3) is 1.00. The van der Waals surface area contributed by atoms with Crippen LogP contribution in [0.5, 0.6) is 0 Å². The summed E-state index contributed by atoms with van der Waals surface area (Å²) in [5.74, 6) is 0. The summed E-state index contributed by atoms with van der Waals surface area (Å²) < 4.78 is 5.56. The number of nitrogens with zero attached hydrogens (tertiary/aromatic N) is 1. The first-order valence-electron chi connectivity index (χ1n) is 7.51. The van der Waals surface area contributed by atoms with E-state index in [0.29, 0.717) is 12.1 Å². The average molecular weight is 256 g/mol. The summed E-state index contributed by atoms with van der Waals surface area (Å²) in [5, 5.41) is 3.60. The first kappa shape index (κ1) is 15.9. The van der Waals surface area contributed by atoms with Crippen molar-refractivity contribution >= 4 is 0 Å². The second kappa shape index (κ2) is 7.46. The quantitative estimate of drug-likeness (QED) is 0.722. The molecule has 3 nitrogen and oxygen atoms in total. The summed E-state index contributed by atoms with van der Waals surface area (Å²) in [6, 6.07) is 1.28. The first-order chi connectivity index (χ1) is 8.48. The van der Waals surface area contributed by atoms with Gasteiger partial charge in [-0.2, -0.15) is 0 Å². The van der Waals surface area contributed by atoms with Gasteiger partial charge in [0.2, 0.25) is 0 Å². The Hall–Kier alpha value is -0.120. The van der Waals surface area contributed by atoms with Crippen molar-refractivity contribution in [2.75, 3.05) is 26.7 Å². The smallest absolute Gasteiger partial charge is 0.0637 e. The molecule has 0 aromatic carbocycles. The van der Waals surface area contributed by atoms with Crippen LogP contribution < -0.4 is 5.32 Å². The summed E-state index contributed by atoms with van der Waals surface area (Å²) in [4.78, 5) is 2.63. The fourth-order valence-electron chi connectivity index (χ4n) is 2.90. The number of nitrogens with one attached hydrogen (secondary N) is 1. The molecule has 1 rings (SSSR count). The highest BCUT2D eigenvalue weighted by molar-refractivity contribution is 4.83. The van der Waals surface area contributed by atoms with Gasteiger partial charge in [-0.3, -0.25) is 4.90 Å². The van der Waals surface area contributed by atoms with Crippen molar-refractivity contribution in [1.82, 2.24) is 10.2 Å². The van der Waals surface area contributed by atoms with Crippen LogP contribution in [-0.4, -0.2) is 49.3 Å². The molecule has 1 saturated heterocycles. The third-order valence-electron chi connectivity index (χ3n) is 4.09. The molecule has 1 heterocycles. The van der Waals surface area contributed by atoms with Crippen LogP contribution in [0, 0.1) is 0 Å². The molecule has 0 aromatic rings. The molecule has 0 amide bonds. The van der Waals surface area contributed by atoms with Crippen molar-refractivity contribution < 1.29 is 4.74 Å². The lowest BCUT2D eigenvalue weighted by Crippen LogP contribution is -2.45. The van der Waals surface area contributed by atoms with E-state index in [9.17, 15) is 0 Å². The van der Waals surface area contributed by atoms with Crippen LogP contribution in [-0.2, 0) is 4.74 Å². The zero-order chi connectivity index (χ0) is 13.6. The third kappa shape index (κ3) is 5.25. The van der Waals surface area contributed by atoms with Crippen molar-refractivity contribution in [1.29, 1.82) is 0 Å². The van der Waals surface area contributed by atoms with E-state index in [-0.39, 0.29) is 5.60 Å². The van der Waals surface area contributed by atoms with Gasteiger partial charge in [-0.1, -0.05) is 6.92 Å². The topological polar surface area (TPSA) is 24.5 Å². The van der Waals surface area contributed by atoms with Crippen LogP contribution in [0.15, 0.2) is 0 Å². The van der Waals surface area contributed by atoms with Crippen molar-refractivity contribution in [3.63, 3.8) is 0 Å². The average Bonchev–Trinajstić information content (AvgIpc) is 2.81. The SMILES string of the molecule is CCCN(CC1CCCN1)C(C)CC(C)(C)OC. The van der Waals surface area contributed by atoms with Crippen molar-refractivity contribution in [2.45, 2.75) is 71.1 Å². The van der Waals surface area contributed by atoms with Crippen molar-refractivity contribution in [3.05, 3.63) is 0 Å². The molecule has 1 aliphatic rings. The van der Waals surface area contributed by atoms with Gasteiger partial charge in [0.05, 0.1) is 5.60 Å². The maximum Gasteiger partial charge on any atom is 0.0637 e. The van der Waals surface area contributed by atoms with Crippen LogP contribution in [0.1, 0.15) is 53.4 Å². The van der Waals surface area contributed by atoms with E-state index >= 15 is 0 Å². The lowest BCUT2D eigenvalue weighted by molar-refractivity contribution is -0.00708. The normalized spacial score (nSPS) is 22.7. The monoisotopic (exact) mass is 256 g/mol. The molecular weight excluding hydrogens is 224 g/mol. The lowest BCUT2D eigenvalue weighted by atomic mass is 9.98. The molecule has 0 spiro atoms. The highest BCUT2D eigenvalue weighted by Gasteiger charge is 2.26. The molecule has 0 aliphatic carbocycles. The Morgan fingerprint density at radius 2 is 2.17 bits per heavy atom. The maximum absolute atomic E-state index is 5.56. The van der Waals surface area contributed by atoms with Crippen molar-refractivity contribution in [2.24, 2.45) is 0 Å². The van der Waals surface area contributed by atoms with E-state index in [2.05, 4.69) is 37.9 Å². The first-order valence-corrected chi connectivity index (χ1v) is 7.51. The Morgan fingerprint density at radius 1 is 1.44 bits per heavy atom. The van der Waals surface area contributed by atoms with E-state index in [1.807, 2.05) is 7.11 Å². The zero-order valence-electron chi connectivity index (χ0n) is 13.0. The number of hydrogen-bond acceptors (Lipinski definition) is 3. The highest BCUT2D eigenvalue weighted by Crippen LogP contribution is 2.20. The van der Waals surface area contributed by atoms with Crippen LogP contribution in [0.2, 0.25) is 0 Å². The van der Waals surface area contributed by atoms with E-state index in [1.165, 1.54) is 38.9 Å². The molecule has 18 heavy (non-hydrogen) atoms. The summed E-state index contributed by atoms with van der Waals surface area (Å²) in [7, 11) is 1.81. The van der Waals surface area contributed by atoms with Crippen LogP contribution in [0.25, 0.3) is 0 Å². The Bertz CT molecular complexity index is 225. The highest BCUT2D eigenvalue weighted by atomic mass is 16.5. The van der Waals surface area contributed by atoms with Gasteiger partial charge in [0, 0.05) is 25.7 Å². The van der Waals surface area contributed by atoms with E-state index in [0.717, 1.165) is 6.42 Å². The minimum atomic E-state index is -0.0193. The van der Waals surface area contributed by atoms with Gasteiger partial charge in [-0.25, -0.2) is 0 Å². The molecule has 3 heteroatoms. The molecule has 0 aromatic heterocycles.